The van der Waals surface area contributed by atoms with E-state index in [9.17, 15) is 0 Å². The van der Waals surface area contributed by atoms with Crippen molar-refractivity contribution < 1.29 is 0 Å². The third-order valence-electron chi connectivity index (χ3n) is 1.10. The maximum absolute atomic E-state index is 4.17. The Morgan fingerprint density at radius 2 is 2.22 bits per heavy atom. The summed E-state index contributed by atoms with van der Waals surface area (Å²) in [6.45, 7) is 7.15. The number of allylic oxidation sites excluding steroid dienone is 2. The molecule has 9 heavy (non-hydrogen) atoms. The predicted octanol–water partition coefficient (Wildman–Crippen LogP) is 2.43. The average molecular weight is 125 g/mol. The molecule has 0 heterocycles. The number of rotatable bonds is 3. The lowest BCUT2D eigenvalue weighted by molar-refractivity contribution is 0.936. The van der Waals surface area contributed by atoms with Crippen molar-refractivity contribution in [2.45, 2.75) is 27.2 Å². The van der Waals surface area contributed by atoms with Crippen molar-refractivity contribution in [1.82, 2.24) is 0 Å². The lowest BCUT2D eigenvalue weighted by Gasteiger charge is -1.86. The minimum absolute atomic E-state index is 0.950. The van der Waals surface area contributed by atoms with Crippen molar-refractivity contribution in [1.29, 1.82) is 0 Å². The summed E-state index contributed by atoms with van der Waals surface area (Å²) in [5.74, 6) is 0. The summed E-state index contributed by atoms with van der Waals surface area (Å²) in [7, 11) is 0. The normalized spacial score (nSPS) is 13.0. The highest BCUT2D eigenvalue weighted by molar-refractivity contribution is 5.77. The number of hydrogen-bond donors (Lipinski definition) is 0. The molecule has 0 fully saturated rings. The second-order valence-corrected chi connectivity index (χ2v) is 2.07. The Balaban J connectivity index is 3.45. The molecule has 0 bridgehead atoms. The third kappa shape index (κ3) is 5.28. The van der Waals surface area contributed by atoms with Gasteiger partial charge >= 0.3 is 0 Å². The highest BCUT2D eigenvalue weighted by Crippen LogP contribution is 1.86. The second-order valence-electron chi connectivity index (χ2n) is 2.07. The SMILES string of the molecule is CC=C(C)C=NCCC. The first kappa shape index (κ1) is 8.41. The standard InChI is InChI=1S/C8H15N/c1-4-6-9-7-8(3)5-2/h5,7H,4,6H2,1-3H3. The Morgan fingerprint density at radius 3 is 2.67 bits per heavy atom. The zero-order valence-electron chi connectivity index (χ0n) is 6.52. The van der Waals surface area contributed by atoms with Gasteiger partial charge in [0.05, 0.1) is 0 Å². The Bertz CT molecular complexity index is 112. The van der Waals surface area contributed by atoms with Gasteiger partial charge in [0.25, 0.3) is 0 Å². The molecule has 0 saturated heterocycles. The van der Waals surface area contributed by atoms with Crippen LogP contribution >= 0.6 is 0 Å². The van der Waals surface area contributed by atoms with Gasteiger partial charge in [0.1, 0.15) is 0 Å². The highest BCUT2D eigenvalue weighted by atomic mass is 14.7. The zero-order valence-corrected chi connectivity index (χ0v) is 6.52. The molecule has 0 atom stereocenters. The average Bonchev–Trinajstić information content (AvgIpc) is 1.89. The Kier molecular flexibility index (Phi) is 5.18. The molecule has 1 nitrogen and oxygen atoms in total. The zero-order chi connectivity index (χ0) is 7.11. The van der Waals surface area contributed by atoms with Gasteiger partial charge in [-0.1, -0.05) is 13.0 Å². The molecule has 0 N–H and O–H groups in total. The van der Waals surface area contributed by atoms with Crippen molar-refractivity contribution in [3.05, 3.63) is 11.6 Å². The summed E-state index contributed by atoms with van der Waals surface area (Å²) in [6.07, 6.45) is 5.11. The van der Waals surface area contributed by atoms with Crippen LogP contribution in [0, 0.1) is 0 Å². The van der Waals surface area contributed by atoms with E-state index in [1.54, 1.807) is 0 Å². The van der Waals surface area contributed by atoms with E-state index < -0.39 is 0 Å². The molecule has 0 unspecified atom stereocenters. The number of hydrogen-bond acceptors (Lipinski definition) is 1. The molecule has 52 valence electrons. The molecule has 0 radical (unpaired) electrons. The molecule has 0 aromatic carbocycles. The van der Waals surface area contributed by atoms with Gasteiger partial charge in [0, 0.05) is 12.8 Å². The van der Waals surface area contributed by atoms with Crippen LogP contribution in [0.15, 0.2) is 16.6 Å². The van der Waals surface area contributed by atoms with Gasteiger partial charge in [0.2, 0.25) is 0 Å². The monoisotopic (exact) mass is 125 g/mol. The summed E-state index contributed by atoms with van der Waals surface area (Å²) in [6, 6.07) is 0. The summed E-state index contributed by atoms with van der Waals surface area (Å²) in [5.41, 5.74) is 1.24. The van der Waals surface area contributed by atoms with Crippen LogP contribution in [-0.4, -0.2) is 12.8 Å². The highest BCUT2D eigenvalue weighted by Gasteiger charge is 1.76. The van der Waals surface area contributed by atoms with Crippen molar-refractivity contribution in [2.75, 3.05) is 6.54 Å². The first-order valence-electron chi connectivity index (χ1n) is 3.44. The first-order valence-corrected chi connectivity index (χ1v) is 3.44. The minimum Gasteiger partial charge on any atom is -0.293 e. The van der Waals surface area contributed by atoms with Crippen molar-refractivity contribution in [2.24, 2.45) is 4.99 Å². The molecule has 0 amide bonds. The topological polar surface area (TPSA) is 12.4 Å². The van der Waals surface area contributed by atoms with Crippen LogP contribution in [0.3, 0.4) is 0 Å². The minimum atomic E-state index is 0.950. The molecule has 0 saturated carbocycles. The number of aliphatic imine (C=N–C) groups is 1. The Morgan fingerprint density at radius 1 is 1.56 bits per heavy atom. The van der Waals surface area contributed by atoms with E-state index >= 15 is 0 Å². The summed E-state index contributed by atoms with van der Waals surface area (Å²) in [5, 5.41) is 0. The van der Waals surface area contributed by atoms with Gasteiger partial charge in [0.15, 0.2) is 0 Å². The van der Waals surface area contributed by atoms with Crippen molar-refractivity contribution >= 4 is 6.21 Å². The fraction of sp³-hybridized carbons (Fsp3) is 0.625. The van der Waals surface area contributed by atoms with Gasteiger partial charge < -0.3 is 0 Å². The lowest BCUT2D eigenvalue weighted by Crippen LogP contribution is -1.79. The molecular weight excluding hydrogens is 110 g/mol. The second kappa shape index (κ2) is 5.54. The van der Waals surface area contributed by atoms with Crippen LogP contribution in [0.25, 0.3) is 0 Å². The molecule has 0 aliphatic rings. The van der Waals surface area contributed by atoms with E-state index in [2.05, 4.69) is 24.9 Å². The van der Waals surface area contributed by atoms with Gasteiger partial charge in [-0.05, 0) is 25.8 Å². The van der Waals surface area contributed by atoms with Crippen LogP contribution in [-0.2, 0) is 0 Å². The third-order valence-corrected chi connectivity index (χ3v) is 1.10. The van der Waals surface area contributed by atoms with Crippen LogP contribution < -0.4 is 0 Å². The quantitative estimate of drug-likeness (QED) is 0.514. The number of nitrogens with zero attached hydrogens (tertiary/aromatic N) is 1. The van der Waals surface area contributed by atoms with Gasteiger partial charge in [-0.3, -0.25) is 4.99 Å². The molecule has 0 aliphatic heterocycles. The summed E-state index contributed by atoms with van der Waals surface area (Å²) >= 11 is 0. The van der Waals surface area contributed by atoms with Gasteiger partial charge in [-0.2, -0.15) is 0 Å². The van der Waals surface area contributed by atoms with E-state index in [4.69, 9.17) is 0 Å². The maximum atomic E-state index is 4.17. The van der Waals surface area contributed by atoms with Crippen LogP contribution in [0.1, 0.15) is 27.2 Å². The Labute approximate surface area is 57.5 Å². The van der Waals surface area contributed by atoms with Gasteiger partial charge in [-0.25, -0.2) is 0 Å². The van der Waals surface area contributed by atoms with Crippen molar-refractivity contribution in [3.63, 3.8) is 0 Å². The largest absolute Gasteiger partial charge is 0.293 e. The van der Waals surface area contributed by atoms with E-state index in [0.717, 1.165) is 13.0 Å². The molecular formula is C8H15N. The fourth-order valence-corrected chi connectivity index (χ4v) is 0.412. The van der Waals surface area contributed by atoms with Crippen molar-refractivity contribution in [3.8, 4) is 0 Å². The fourth-order valence-electron chi connectivity index (χ4n) is 0.412. The van der Waals surface area contributed by atoms with Crippen LogP contribution in [0.4, 0.5) is 0 Å². The summed E-state index contributed by atoms with van der Waals surface area (Å²) in [4.78, 5) is 4.17. The molecule has 0 aromatic heterocycles. The molecule has 0 aromatic rings. The van der Waals surface area contributed by atoms with E-state index in [1.165, 1.54) is 5.57 Å². The first-order chi connectivity index (χ1) is 4.31. The molecule has 0 aliphatic carbocycles. The van der Waals surface area contributed by atoms with E-state index in [1.807, 2.05) is 13.1 Å². The van der Waals surface area contributed by atoms with Crippen LogP contribution in [0.5, 0.6) is 0 Å². The van der Waals surface area contributed by atoms with Gasteiger partial charge in [-0.15, -0.1) is 0 Å². The summed E-state index contributed by atoms with van der Waals surface area (Å²) < 4.78 is 0. The lowest BCUT2D eigenvalue weighted by atomic mass is 10.3. The van der Waals surface area contributed by atoms with E-state index in [-0.39, 0.29) is 0 Å². The molecule has 0 rings (SSSR count). The smallest absolute Gasteiger partial charge is 0.0386 e. The van der Waals surface area contributed by atoms with Crippen LogP contribution in [0.2, 0.25) is 0 Å². The molecule has 0 spiro atoms. The molecule has 1 heteroatoms. The Hall–Kier alpha value is -0.590. The maximum Gasteiger partial charge on any atom is 0.0386 e. The van der Waals surface area contributed by atoms with E-state index in [0.29, 0.717) is 0 Å². The predicted molar refractivity (Wildman–Crippen MR) is 43.1 cm³/mol.